The van der Waals surface area contributed by atoms with Crippen molar-refractivity contribution >= 4 is 5.91 Å². The summed E-state index contributed by atoms with van der Waals surface area (Å²) in [6.45, 7) is 15.7. The molecule has 6 heteroatoms. The molecule has 0 aliphatic carbocycles. The standard InChI is InChI=1S/C17H34N4O2/c1-13(2)16(18)17(22)20-7-5-19(6-8-20)11-15-12-21(14(3)4)9-10-23-15/h13-16H,5-12,18H2,1-4H3/t15?,16-/m0/s1. The Hall–Kier alpha value is -0.690. The van der Waals surface area contributed by atoms with E-state index in [0.29, 0.717) is 6.04 Å². The molecule has 2 aliphatic rings. The Bertz CT molecular complexity index is 381. The fraction of sp³-hybridized carbons (Fsp3) is 0.941. The molecule has 0 saturated carbocycles. The molecule has 2 fully saturated rings. The maximum atomic E-state index is 12.3. The van der Waals surface area contributed by atoms with Crippen molar-refractivity contribution in [3.63, 3.8) is 0 Å². The zero-order valence-corrected chi connectivity index (χ0v) is 15.2. The number of ether oxygens (including phenoxy) is 1. The third kappa shape index (κ3) is 5.14. The molecule has 2 rings (SSSR count). The number of amides is 1. The first-order valence-corrected chi connectivity index (χ1v) is 9.01. The molecule has 2 aliphatic heterocycles. The van der Waals surface area contributed by atoms with Crippen LogP contribution in [0.5, 0.6) is 0 Å². The maximum absolute atomic E-state index is 12.3. The first kappa shape index (κ1) is 18.6. The lowest BCUT2D eigenvalue weighted by atomic mass is 10.0. The van der Waals surface area contributed by atoms with Crippen LogP contribution in [0, 0.1) is 5.92 Å². The van der Waals surface area contributed by atoms with Crippen molar-refractivity contribution in [2.45, 2.75) is 45.9 Å². The van der Waals surface area contributed by atoms with Crippen LogP contribution in [0.15, 0.2) is 0 Å². The Kier molecular flexibility index (Phi) is 6.83. The Morgan fingerprint density at radius 2 is 1.78 bits per heavy atom. The molecule has 2 heterocycles. The van der Waals surface area contributed by atoms with Crippen LogP contribution in [0.4, 0.5) is 0 Å². The molecular weight excluding hydrogens is 292 g/mol. The minimum atomic E-state index is -0.372. The van der Waals surface area contributed by atoms with E-state index in [2.05, 4.69) is 23.6 Å². The second kappa shape index (κ2) is 8.42. The molecule has 0 aromatic rings. The van der Waals surface area contributed by atoms with Crippen LogP contribution in [0.2, 0.25) is 0 Å². The smallest absolute Gasteiger partial charge is 0.239 e. The Morgan fingerprint density at radius 1 is 1.13 bits per heavy atom. The molecule has 0 radical (unpaired) electrons. The van der Waals surface area contributed by atoms with E-state index in [1.165, 1.54) is 0 Å². The molecule has 2 N–H and O–H groups in total. The van der Waals surface area contributed by atoms with E-state index < -0.39 is 0 Å². The van der Waals surface area contributed by atoms with Crippen LogP contribution in [0.3, 0.4) is 0 Å². The Balaban J connectivity index is 1.75. The van der Waals surface area contributed by atoms with E-state index in [0.717, 1.165) is 52.4 Å². The fourth-order valence-electron chi connectivity index (χ4n) is 3.26. The molecule has 1 amide bonds. The van der Waals surface area contributed by atoms with Gasteiger partial charge in [0.15, 0.2) is 0 Å². The number of carbonyl (C=O) groups excluding carboxylic acids is 1. The first-order valence-electron chi connectivity index (χ1n) is 9.01. The summed E-state index contributed by atoms with van der Waals surface area (Å²) in [6.07, 6.45) is 0.284. The minimum Gasteiger partial charge on any atom is -0.374 e. The number of hydrogen-bond donors (Lipinski definition) is 1. The number of nitrogens with zero attached hydrogens (tertiary/aromatic N) is 3. The predicted molar refractivity (Wildman–Crippen MR) is 92.3 cm³/mol. The number of nitrogens with two attached hydrogens (primary N) is 1. The van der Waals surface area contributed by atoms with Gasteiger partial charge < -0.3 is 15.4 Å². The molecule has 2 atom stereocenters. The number of rotatable bonds is 5. The van der Waals surface area contributed by atoms with E-state index in [4.69, 9.17) is 10.5 Å². The van der Waals surface area contributed by atoms with Gasteiger partial charge in [-0.1, -0.05) is 13.8 Å². The van der Waals surface area contributed by atoms with Crippen molar-refractivity contribution < 1.29 is 9.53 Å². The topological polar surface area (TPSA) is 62.0 Å². The Morgan fingerprint density at radius 3 is 2.35 bits per heavy atom. The van der Waals surface area contributed by atoms with Gasteiger partial charge in [-0.05, 0) is 19.8 Å². The van der Waals surface area contributed by atoms with Crippen molar-refractivity contribution in [2.75, 3.05) is 52.4 Å². The summed E-state index contributed by atoms with van der Waals surface area (Å²) in [5.41, 5.74) is 5.99. The zero-order chi connectivity index (χ0) is 17.0. The zero-order valence-electron chi connectivity index (χ0n) is 15.2. The number of morpholine rings is 1. The molecule has 0 aromatic carbocycles. The summed E-state index contributed by atoms with van der Waals surface area (Å²) in [5, 5.41) is 0. The van der Waals surface area contributed by atoms with Crippen LogP contribution in [0.25, 0.3) is 0 Å². The summed E-state index contributed by atoms with van der Waals surface area (Å²) >= 11 is 0. The largest absolute Gasteiger partial charge is 0.374 e. The van der Waals surface area contributed by atoms with Crippen molar-refractivity contribution in [2.24, 2.45) is 11.7 Å². The third-order valence-corrected chi connectivity index (χ3v) is 5.05. The van der Waals surface area contributed by atoms with Gasteiger partial charge in [0.25, 0.3) is 0 Å². The van der Waals surface area contributed by atoms with Gasteiger partial charge in [-0.15, -0.1) is 0 Å². The Labute approximate surface area is 140 Å². The summed E-state index contributed by atoms with van der Waals surface area (Å²) in [6, 6.07) is 0.205. The highest BCUT2D eigenvalue weighted by molar-refractivity contribution is 5.82. The van der Waals surface area contributed by atoms with Gasteiger partial charge in [0.2, 0.25) is 5.91 Å². The van der Waals surface area contributed by atoms with Crippen LogP contribution in [-0.4, -0.2) is 91.2 Å². The predicted octanol–water partition coefficient (Wildman–Crippen LogP) is 0.223. The van der Waals surface area contributed by atoms with Crippen molar-refractivity contribution in [1.82, 2.24) is 14.7 Å². The third-order valence-electron chi connectivity index (χ3n) is 5.05. The highest BCUT2D eigenvalue weighted by atomic mass is 16.5. The lowest BCUT2D eigenvalue weighted by Crippen LogP contribution is -2.56. The summed E-state index contributed by atoms with van der Waals surface area (Å²) in [7, 11) is 0. The number of hydrogen-bond acceptors (Lipinski definition) is 5. The van der Waals surface area contributed by atoms with Gasteiger partial charge in [-0.25, -0.2) is 0 Å². The minimum absolute atomic E-state index is 0.0968. The maximum Gasteiger partial charge on any atom is 0.239 e. The highest BCUT2D eigenvalue weighted by Gasteiger charge is 2.29. The fourth-order valence-corrected chi connectivity index (χ4v) is 3.26. The molecule has 134 valence electrons. The van der Waals surface area contributed by atoms with Gasteiger partial charge >= 0.3 is 0 Å². The van der Waals surface area contributed by atoms with Gasteiger partial charge in [0.05, 0.1) is 18.8 Å². The molecule has 6 nitrogen and oxygen atoms in total. The first-order chi connectivity index (χ1) is 10.9. The van der Waals surface area contributed by atoms with Crippen molar-refractivity contribution in [3.05, 3.63) is 0 Å². The lowest BCUT2D eigenvalue weighted by molar-refractivity contribution is -0.135. The summed E-state index contributed by atoms with van der Waals surface area (Å²) in [5.74, 6) is 0.290. The van der Waals surface area contributed by atoms with E-state index in [1.54, 1.807) is 0 Å². The summed E-state index contributed by atoms with van der Waals surface area (Å²) < 4.78 is 5.92. The molecule has 0 bridgehead atoms. The summed E-state index contributed by atoms with van der Waals surface area (Å²) in [4.78, 5) is 19.1. The lowest BCUT2D eigenvalue weighted by Gasteiger charge is -2.40. The van der Waals surface area contributed by atoms with Crippen LogP contribution >= 0.6 is 0 Å². The number of piperazine rings is 1. The molecular formula is C17H34N4O2. The van der Waals surface area contributed by atoms with E-state index in [1.807, 2.05) is 18.7 Å². The molecule has 1 unspecified atom stereocenters. The van der Waals surface area contributed by atoms with Gasteiger partial charge in [0, 0.05) is 51.9 Å². The monoisotopic (exact) mass is 326 g/mol. The van der Waals surface area contributed by atoms with Crippen LogP contribution in [-0.2, 0) is 9.53 Å². The van der Waals surface area contributed by atoms with Crippen molar-refractivity contribution in [1.29, 1.82) is 0 Å². The van der Waals surface area contributed by atoms with E-state index in [-0.39, 0.29) is 24.0 Å². The SMILES string of the molecule is CC(C)[C@H](N)C(=O)N1CCN(CC2CN(C(C)C)CCO2)CC1. The van der Waals surface area contributed by atoms with Gasteiger partial charge in [-0.2, -0.15) is 0 Å². The second-order valence-corrected chi connectivity index (χ2v) is 7.48. The average Bonchev–Trinajstić information content (AvgIpc) is 2.54. The van der Waals surface area contributed by atoms with E-state index >= 15 is 0 Å². The van der Waals surface area contributed by atoms with Gasteiger partial charge in [0.1, 0.15) is 0 Å². The molecule has 23 heavy (non-hydrogen) atoms. The second-order valence-electron chi connectivity index (χ2n) is 7.48. The van der Waals surface area contributed by atoms with Gasteiger partial charge in [-0.3, -0.25) is 14.6 Å². The molecule has 0 aromatic heterocycles. The normalized spacial score (nSPS) is 26.0. The van der Waals surface area contributed by atoms with E-state index in [9.17, 15) is 4.79 Å². The number of carbonyl (C=O) groups is 1. The molecule has 0 spiro atoms. The quantitative estimate of drug-likeness (QED) is 0.783. The molecule has 2 saturated heterocycles. The van der Waals surface area contributed by atoms with Crippen molar-refractivity contribution in [3.8, 4) is 0 Å². The highest BCUT2D eigenvalue weighted by Crippen LogP contribution is 2.12. The van der Waals surface area contributed by atoms with Crippen LogP contribution in [0.1, 0.15) is 27.7 Å². The average molecular weight is 326 g/mol. The van der Waals surface area contributed by atoms with Crippen LogP contribution < -0.4 is 5.73 Å².